The molecule has 1 aliphatic heterocycles. The number of hydrogen-bond donors (Lipinski definition) is 1. The number of anilines is 1. The normalized spacial score (nSPS) is 21.1. The van der Waals surface area contributed by atoms with E-state index in [0.29, 0.717) is 36.4 Å². The zero-order chi connectivity index (χ0) is 21.4. The molecule has 0 spiro atoms. The number of carbonyl (C=O) groups excluding carboxylic acids is 1. The van der Waals surface area contributed by atoms with E-state index in [1.54, 1.807) is 0 Å². The molecule has 2 atom stereocenters. The molecule has 0 unspecified atom stereocenters. The highest BCUT2D eigenvalue weighted by Crippen LogP contribution is 2.27. The number of nitrogens with one attached hydrogen (secondary N) is 1. The van der Waals surface area contributed by atoms with Gasteiger partial charge in [-0.3, -0.25) is 10.1 Å². The predicted molar refractivity (Wildman–Crippen MR) is 109 cm³/mol. The van der Waals surface area contributed by atoms with Crippen LogP contribution in [0.1, 0.15) is 57.3 Å². The lowest BCUT2D eigenvalue weighted by Crippen LogP contribution is -2.42. The zero-order valence-corrected chi connectivity index (χ0v) is 18.3. The van der Waals surface area contributed by atoms with Crippen LogP contribution in [0.5, 0.6) is 0 Å². The van der Waals surface area contributed by atoms with Gasteiger partial charge in [0.25, 0.3) is 5.91 Å². The fraction of sp³-hybridized carbons (Fsp3) is 0.550. The number of piperidine rings is 1. The molecule has 29 heavy (non-hydrogen) atoms. The van der Waals surface area contributed by atoms with Crippen molar-refractivity contribution in [3.8, 4) is 0 Å². The molecule has 1 aromatic heterocycles. The number of benzene rings is 1. The summed E-state index contributed by atoms with van der Waals surface area (Å²) in [5, 5.41) is 10.3. The van der Waals surface area contributed by atoms with Crippen LogP contribution >= 0.6 is 0 Å². The second-order valence-electron chi connectivity index (χ2n) is 8.91. The van der Waals surface area contributed by atoms with Crippen LogP contribution in [0.3, 0.4) is 0 Å². The van der Waals surface area contributed by atoms with Crippen LogP contribution in [0.2, 0.25) is 0 Å². The number of aromatic nitrogens is 2. The van der Waals surface area contributed by atoms with Crippen molar-refractivity contribution >= 4 is 21.9 Å². The second kappa shape index (κ2) is 7.87. The summed E-state index contributed by atoms with van der Waals surface area (Å²) in [6.07, 6.45) is 1.03. The number of carbonyl (C=O) groups is 1. The second-order valence-corrected chi connectivity index (χ2v) is 10.8. The van der Waals surface area contributed by atoms with E-state index in [9.17, 15) is 13.2 Å². The first-order valence-corrected chi connectivity index (χ1v) is 11.2. The van der Waals surface area contributed by atoms with Gasteiger partial charge in [-0.25, -0.2) is 8.42 Å². The van der Waals surface area contributed by atoms with Gasteiger partial charge in [0.1, 0.15) is 0 Å². The first-order chi connectivity index (χ1) is 13.5. The molecule has 1 fully saturated rings. The molecular weight excluding hydrogens is 392 g/mol. The lowest BCUT2D eigenvalue weighted by molar-refractivity contribution is 0.102. The van der Waals surface area contributed by atoms with Crippen molar-refractivity contribution in [2.75, 3.05) is 18.4 Å². The predicted octanol–water partition coefficient (Wildman–Crippen LogP) is 3.29. The minimum atomic E-state index is -3.58. The van der Waals surface area contributed by atoms with Crippen molar-refractivity contribution in [3.05, 3.63) is 35.7 Å². The number of amides is 1. The molecular formula is C20H28N4O4S. The molecule has 0 aliphatic carbocycles. The van der Waals surface area contributed by atoms with Crippen LogP contribution in [0.15, 0.2) is 33.6 Å². The highest BCUT2D eigenvalue weighted by atomic mass is 32.2. The summed E-state index contributed by atoms with van der Waals surface area (Å²) < 4.78 is 32.9. The van der Waals surface area contributed by atoms with Gasteiger partial charge in [0.05, 0.1) is 4.90 Å². The van der Waals surface area contributed by atoms with Gasteiger partial charge in [-0.2, -0.15) is 4.31 Å². The smallest absolute Gasteiger partial charge is 0.322 e. The molecule has 0 radical (unpaired) electrons. The van der Waals surface area contributed by atoms with Gasteiger partial charge >= 0.3 is 6.01 Å². The third-order valence-electron chi connectivity index (χ3n) is 4.88. The van der Waals surface area contributed by atoms with E-state index in [1.807, 2.05) is 20.8 Å². The maximum absolute atomic E-state index is 12.9. The van der Waals surface area contributed by atoms with Crippen LogP contribution in [-0.2, 0) is 15.4 Å². The summed E-state index contributed by atoms with van der Waals surface area (Å²) in [5.41, 5.74) is -0.0186. The zero-order valence-electron chi connectivity index (χ0n) is 17.5. The average Bonchev–Trinajstić information content (AvgIpc) is 3.10. The number of sulfonamides is 1. The van der Waals surface area contributed by atoms with E-state index in [4.69, 9.17) is 4.42 Å². The van der Waals surface area contributed by atoms with Gasteiger partial charge < -0.3 is 4.42 Å². The molecule has 1 saturated heterocycles. The third kappa shape index (κ3) is 4.84. The Morgan fingerprint density at radius 2 is 1.69 bits per heavy atom. The number of rotatable bonds is 4. The molecule has 8 nitrogen and oxygen atoms in total. The van der Waals surface area contributed by atoms with Gasteiger partial charge in [0, 0.05) is 24.1 Å². The maximum atomic E-state index is 12.9. The molecule has 3 rings (SSSR count). The quantitative estimate of drug-likeness (QED) is 0.814. The van der Waals surface area contributed by atoms with Crippen molar-refractivity contribution in [1.29, 1.82) is 0 Å². The lowest BCUT2D eigenvalue weighted by atomic mass is 9.94. The Balaban J connectivity index is 1.72. The summed E-state index contributed by atoms with van der Waals surface area (Å²) in [6, 6.07) is 5.90. The fourth-order valence-corrected chi connectivity index (χ4v) is 5.16. The maximum Gasteiger partial charge on any atom is 0.322 e. The summed E-state index contributed by atoms with van der Waals surface area (Å²) in [5.74, 6) is 0.620. The van der Waals surface area contributed by atoms with Crippen molar-refractivity contribution in [1.82, 2.24) is 14.5 Å². The molecule has 0 bridgehead atoms. The Hall–Kier alpha value is -2.26. The van der Waals surface area contributed by atoms with Gasteiger partial charge in [-0.1, -0.05) is 39.7 Å². The summed E-state index contributed by atoms with van der Waals surface area (Å²) in [6.45, 7) is 10.9. The summed E-state index contributed by atoms with van der Waals surface area (Å²) in [7, 11) is -3.58. The van der Waals surface area contributed by atoms with Crippen LogP contribution < -0.4 is 5.32 Å². The van der Waals surface area contributed by atoms with Crippen LogP contribution in [0.4, 0.5) is 6.01 Å². The fourth-order valence-electron chi connectivity index (χ4n) is 3.48. The van der Waals surface area contributed by atoms with E-state index in [0.717, 1.165) is 6.42 Å². The van der Waals surface area contributed by atoms with Crippen LogP contribution in [0.25, 0.3) is 0 Å². The van der Waals surface area contributed by atoms with Crippen molar-refractivity contribution < 1.29 is 17.6 Å². The van der Waals surface area contributed by atoms with Gasteiger partial charge in [-0.05, 0) is 42.5 Å². The van der Waals surface area contributed by atoms with Gasteiger partial charge in [0.15, 0.2) is 0 Å². The first-order valence-electron chi connectivity index (χ1n) is 9.72. The Kier molecular flexibility index (Phi) is 5.82. The molecule has 1 aliphatic rings. The Morgan fingerprint density at radius 1 is 1.10 bits per heavy atom. The standard InChI is InChI=1S/C20H28N4O4S/c1-13-10-14(2)12-24(11-13)29(26,27)16-8-6-15(7-9-16)17(25)21-19-23-22-18(28-19)20(3,4)5/h6-9,13-14H,10-12H2,1-5H3,(H,21,23,25)/t13-,14+. The average molecular weight is 421 g/mol. The lowest BCUT2D eigenvalue weighted by Gasteiger charge is -2.34. The van der Waals surface area contributed by atoms with Crippen molar-refractivity contribution in [3.63, 3.8) is 0 Å². The first kappa shape index (κ1) is 21.4. The minimum Gasteiger partial charge on any atom is -0.407 e. The molecule has 158 valence electrons. The Bertz CT molecular complexity index is 967. The van der Waals surface area contributed by atoms with Crippen molar-refractivity contribution in [2.45, 2.75) is 51.3 Å². The topological polar surface area (TPSA) is 105 Å². The van der Waals surface area contributed by atoms with E-state index < -0.39 is 15.9 Å². The van der Waals surface area contributed by atoms with E-state index in [-0.39, 0.29) is 16.3 Å². The van der Waals surface area contributed by atoms with E-state index in [1.165, 1.54) is 28.6 Å². The molecule has 0 saturated carbocycles. The summed E-state index contributed by atoms with van der Waals surface area (Å²) >= 11 is 0. The molecule has 9 heteroatoms. The monoisotopic (exact) mass is 420 g/mol. The van der Waals surface area contributed by atoms with Gasteiger partial charge in [-0.15, -0.1) is 5.10 Å². The highest BCUT2D eigenvalue weighted by Gasteiger charge is 2.31. The Labute approximate surface area is 171 Å². The minimum absolute atomic E-state index is 0.00733. The molecule has 2 heterocycles. The SMILES string of the molecule is C[C@@H]1C[C@H](C)CN(S(=O)(=O)c2ccc(C(=O)Nc3nnc(C(C)(C)C)o3)cc2)C1. The van der Waals surface area contributed by atoms with Gasteiger partial charge in [0.2, 0.25) is 15.9 Å². The van der Waals surface area contributed by atoms with Crippen LogP contribution in [0, 0.1) is 11.8 Å². The van der Waals surface area contributed by atoms with Crippen LogP contribution in [-0.4, -0.2) is 41.9 Å². The van der Waals surface area contributed by atoms with Crippen molar-refractivity contribution in [2.24, 2.45) is 11.8 Å². The molecule has 2 aromatic rings. The van der Waals surface area contributed by atoms with E-state index in [2.05, 4.69) is 29.4 Å². The van der Waals surface area contributed by atoms with E-state index >= 15 is 0 Å². The Morgan fingerprint density at radius 3 is 2.21 bits per heavy atom. The number of nitrogens with zero attached hydrogens (tertiary/aromatic N) is 3. The number of hydrogen-bond acceptors (Lipinski definition) is 6. The molecule has 1 amide bonds. The molecule has 1 aromatic carbocycles. The highest BCUT2D eigenvalue weighted by molar-refractivity contribution is 7.89. The third-order valence-corrected chi connectivity index (χ3v) is 6.72. The summed E-state index contributed by atoms with van der Waals surface area (Å²) in [4.78, 5) is 12.6. The largest absolute Gasteiger partial charge is 0.407 e. The molecule has 1 N–H and O–H groups in total.